The Morgan fingerprint density at radius 3 is 2.70 bits per heavy atom. The fourth-order valence-electron chi connectivity index (χ4n) is 3.65. The normalized spacial score (nSPS) is 22.8. The maximum absolute atomic E-state index is 4.70. The molecular formula is C18H23N5. The Labute approximate surface area is 137 Å². The third-order valence-electron chi connectivity index (χ3n) is 5.04. The molecule has 2 saturated heterocycles. The lowest BCUT2D eigenvalue weighted by Gasteiger charge is -2.49. The lowest BCUT2D eigenvalue weighted by atomic mass is 9.98. The second-order valence-corrected chi connectivity index (χ2v) is 6.60. The molecular weight excluding hydrogens is 286 g/mol. The van der Waals surface area contributed by atoms with Crippen LogP contribution >= 0.6 is 0 Å². The molecule has 5 nitrogen and oxygen atoms in total. The SMILES string of the molecule is CC1CCCCN1C1CN(c2nccc(-c3ccccn3)n2)C1. The van der Waals surface area contributed by atoms with Crippen LogP contribution in [0.5, 0.6) is 0 Å². The highest BCUT2D eigenvalue weighted by atomic mass is 15.4. The monoisotopic (exact) mass is 309 g/mol. The Bertz CT molecular complexity index is 653. The van der Waals surface area contributed by atoms with E-state index in [4.69, 9.17) is 4.98 Å². The van der Waals surface area contributed by atoms with Crippen LogP contribution in [0.3, 0.4) is 0 Å². The van der Waals surface area contributed by atoms with Crippen molar-refractivity contribution in [3.63, 3.8) is 0 Å². The number of anilines is 1. The summed E-state index contributed by atoms with van der Waals surface area (Å²) in [5.41, 5.74) is 1.79. The van der Waals surface area contributed by atoms with Crippen LogP contribution in [0.25, 0.3) is 11.4 Å². The summed E-state index contributed by atoms with van der Waals surface area (Å²) in [5, 5.41) is 0. The van der Waals surface area contributed by atoms with Crippen molar-refractivity contribution in [3.05, 3.63) is 36.7 Å². The molecule has 23 heavy (non-hydrogen) atoms. The van der Waals surface area contributed by atoms with Gasteiger partial charge in [-0.25, -0.2) is 9.97 Å². The molecule has 2 aromatic rings. The molecule has 0 aliphatic carbocycles. The molecule has 0 amide bonds. The van der Waals surface area contributed by atoms with E-state index in [1.807, 2.05) is 30.5 Å². The van der Waals surface area contributed by atoms with Crippen LogP contribution in [0.2, 0.25) is 0 Å². The minimum Gasteiger partial charge on any atom is -0.338 e. The zero-order valence-corrected chi connectivity index (χ0v) is 13.6. The minimum atomic E-state index is 0.660. The maximum atomic E-state index is 4.70. The largest absolute Gasteiger partial charge is 0.338 e. The van der Waals surface area contributed by atoms with Crippen LogP contribution in [0.15, 0.2) is 36.7 Å². The molecule has 1 unspecified atom stereocenters. The highest BCUT2D eigenvalue weighted by Gasteiger charge is 2.36. The Balaban J connectivity index is 1.44. The van der Waals surface area contributed by atoms with Gasteiger partial charge in [0.25, 0.3) is 0 Å². The van der Waals surface area contributed by atoms with Gasteiger partial charge in [0.05, 0.1) is 11.4 Å². The molecule has 4 rings (SSSR count). The summed E-state index contributed by atoms with van der Waals surface area (Å²) in [6.45, 7) is 5.68. The van der Waals surface area contributed by atoms with Gasteiger partial charge in [-0.05, 0) is 44.5 Å². The van der Waals surface area contributed by atoms with E-state index < -0.39 is 0 Å². The number of hydrogen-bond donors (Lipinski definition) is 0. The molecule has 0 spiro atoms. The molecule has 0 radical (unpaired) electrons. The van der Waals surface area contributed by atoms with E-state index in [1.54, 1.807) is 6.20 Å². The van der Waals surface area contributed by atoms with Crippen molar-refractivity contribution in [3.8, 4) is 11.4 Å². The van der Waals surface area contributed by atoms with E-state index in [-0.39, 0.29) is 0 Å². The summed E-state index contributed by atoms with van der Waals surface area (Å²) < 4.78 is 0. The zero-order valence-electron chi connectivity index (χ0n) is 13.6. The summed E-state index contributed by atoms with van der Waals surface area (Å²) in [5.74, 6) is 0.828. The van der Waals surface area contributed by atoms with Crippen molar-refractivity contribution in [1.29, 1.82) is 0 Å². The van der Waals surface area contributed by atoms with Gasteiger partial charge in [0, 0.05) is 37.6 Å². The molecule has 0 aromatic carbocycles. The average Bonchev–Trinajstić information content (AvgIpc) is 2.56. The molecule has 2 aromatic heterocycles. The van der Waals surface area contributed by atoms with Gasteiger partial charge >= 0.3 is 0 Å². The number of aromatic nitrogens is 3. The smallest absolute Gasteiger partial charge is 0.226 e. The number of pyridine rings is 1. The predicted molar refractivity (Wildman–Crippen MR) is 91.3 cm³/mol. The second kappa shape index (κ2) is 6.24. The van der Waals surface area contributed by atoms with Crippen LogP contribution in [0.1, 0.15) is 26.2 Å². The number of piperidine rings is 1. The first kappa shape index (κ1) is 14.6. The third-order valence-corrected chi connectivity index (χ3v) is 5.04. The molecule has 2 aliphatic rings. The Kier molecular flexibility index (Phi) is 3.95. The standard InChI is InChI=1S/C18H23N5/c1-14-6-3-5-11-23(14)15-12-22(13-15)18-20-10-8-17(21-18)16-7-2-4-9-19-16/h2,4,7-10,14-15H,3,5-6,11-13H2,1H3. The van der Waals surface area contributed by atoms with Gasteiger partial charge in [0.1, 0.15) is 0 Å². The fourth-order valence-corrected chi connectivity index (χ4v) is 3.65. The van der Waals surface area contributed by atoms with E-state index in [0.717, 1.165) is 36.5 Å². The number of likely N-dealkylation sites (tertiary alicyclic amines) is 1. The van der Waals surface area contributed by atoms with E-state index in [9.17, 15) is 0 Å². The van der Waals surface area contributed by atoms with Crippen molar-refractivity contribution in [2.75, 3.05) is 24.5 Å². The molecule has 120 valence electrons. The van der Waals surface area contributed by atoms with E-state index in [2.05, 4.69) is 26.7 Å². The topological polar surface area (TPSA) is 45.2 Å². The number of rotatable bonds is 3. The van der Waals surface area contributed by atoms with Crippen LogP contribution in [0, 0.1) is 0 Å². The first-order chi connectivity index (χ1) is 11.3. The van der Waals surface area contributed by atoms with Gasteiger partial charge < -0.3 is 4.90 Å². The second-order valence-electron chi connectivity index (χ2n) is 6.60. The van der Waals surface area contributed by atoms with Crippen LogP contribution in [0.4, 0.5) is 5.95 Å². The molecule has 2 aliphatic heterocycles. The first-order valence-electron chi connectivity index (χ1n) is 8.56. The first-order valence-corrected chi connectivity index (χ1v) is 8.56. The van der Waals surface area contributed by atoms with Gasteiger partial charge in [0.2, 0.25) is 5.95 Å². The Morgan fingerprint density at radius 2 is 1.91 bits per heavy atom. The minimum absolute atomic E-state index is 0.660. The average molecular weight is 309 g/mol. The molecule has 2 fully saturated rings. The molecule has 5 heteroatoms. The Morgan fingerprint density at radius 1 is 1.00 bits per heavy atom. The van der Waals surface area contributed by atoms with Gasteiger partial charge in [-0.15, -0.1) is 0 Å². The lowest BCUT2D eigenvalue weighted by molar-refractivity contribution is 0.0869. The van der Waals surface area contributed by atoms with Crippen molar-refractivity contribution in [2.45, 2.75) is 38.3 Å². The van der Waals surface area contributed by atoms with Crippen molar-refractivity contribution < 1.29 is 0 Å². The highest BCUT2D eigenvalue weighted by Crippen LogP contribution is 2.27. The predicted octanol–water partition coefficient (Wildman–Crippen LogP) is 2.60. The summed E-state index contributed by atoms with van der Waals surface area (Å²) in [6.07, 6.45) is 7.69. The van der Waals surface area contributed by atoms with Crippen molar-refractivity contribution in [2.24, 2.45) is 0 Å². The molecule has 0 bridgehead atoms. The summed E-state index contributed by atoms with van der Waals surface area (Å²) in [4.78, 5) is 18.5. The van der Waals surface area contributed by atoms with Gasteiger partial charge in [0.15, 0.2) is 0 Å². The van der Waals surface area contributed by atoms with Crippen LogP contribution in [-0.4, -0.2) is 51.6 Å². The zero-order chi connectivity index (χ0) is 15.6. The van der Waals surface area contributed by atoms with Crippen LogP contribution in [-0.2, 0) is 0 Å². The molecule has 0 saturated carbocycles. The lowest BCUT2D eigenvalue weighted by Crippen LogP contribution is -2.62. The van der Waals surface area contributed by atoms with E-state index in [1.165, 1.54) is 25.8 Å². The number of hydrogen-bond acceptors (Lipinski definition) is 5. The van der Waals surface area contributed by atoms with Crippen molar-refractivity contribution in [1.82, 2.24) is 19.9 Å². The molecule has 4 heterocycles. The van der Waals surface area contributed by atoms with Gasteiger partial charge in [-0.2, -0.15) is 0 Å². The van der Waals surface area contributed by atoms with Gasteiger partial charge in [-0.1, -0.05) is 12.5 Å². The quantitative estimate of drug-likeness (QED) is 0.872. The van der Waals surface area contributed by atoms with E-state index >= 15 is 0 Å². The van der Waals surface area contributed by atoms with Crippen LogP contribution < -0.4 is 4.90 Å². The number of nitrogens with zero attached hydrogens (tertiary/aromatic N) is 5. The fraction of sp³-hybridized carbons (Fsp3) is 0.500. The summed E-state index contributed by atoms with van der Waals surface area (Å²) >= 11 is 0. The molecule has 0 N–H and O–H groups in total. The molecule has 1 atom stereocenters. The highest BCUT2D eigenvalue weighted by molar-refractivity contribution is 5.55. The third kappa shape index (κ3) is 2.93. The van der Waals surface area contributed by atoms with Gasteiger partial charge in [-0.3, -0.25) is 9.88 Å². The van der Waals surface area contributed by atoms with Crippen molar-refractivity contribution >= 4 is 5.95 Å². The summed E-state index contributed by atoms with van der Waals surface area (Å²) in [6, 6.07) is 9.20. The Hall–Kier alpha value is -2.01. The van der Waals surface area contributed by atoms with E-state index in [0.29, 0.717) is 6.04 Å². The summed E-state index contributed by atoms with van der Waals surface area (Å²) in [7, 11) is 0. The maximum Gasteiger partial charge on any atom is 0.226 e.